The molecular formula is C16H26N4O. The number of rotatable bonds is 3. The number of anilines is 1. The van der Waals surface area contributed by atoms with Gasteiger partial charge in [0.2, 0.25) is 0 Å². The largest absolute Gasteiger partial charge is 0.398 e. The van der Waals surface area contributed by atoms with Gasteiger partial charge >= 0.3 is 0 Å². The van der Waals surface area contributed by atoms with E-state index in [0.717, 1.165) is 19.6 Å². The number of nitrogen functional groups attached to an aromatic ring is 1. The lowest BCUT2D eigenvalue weighted by Gasteiger charge is -2.35. The second-order valence-electron chi connectivity index (χ2n) is 6.06. The van der Waals surface area contributed by atoms with Crippen LogP contribution in [0, 0.1) is 11.3 Å². The summed E-state index contributed by atoms with van der Waals surface area (Å²) in [5.74, 6) is 0.544. The van der Waals surface area contributed by atoms with E-state index in [2.05, 4.69) is 10.2 Å². The zero-order chi connectivity index (χ0) is 14.8. The van der Waals surface area contributed by atoms with Crippen LogP contribution in [-0.2, 0) is 0 Å². The molecule has 3 fully saturated rings. The van der Waals surface area contributed by atoms with Crippen molar-refractivity contribution in [1.29, 1.82) is 5.41 Å². The molecule has 0 aromatic heterocycles. The fourth-order valence-corrected chi connectivity index (χ4v) is 3.46. The molecule has 0 aliphatic carbocycles. The lowest BCUT2D eigenvalue weighted by atomic mass is 9.90. The number of fused-ring (bicyclic) bond motifs is 4. The number of hydrogen-bond acceptors (Lipinski definition) is 4. The molecule has 0 radical (unpaired) electrons. The molecule has 1 aromatic carbocycles. The predicted octanol–water partition coefficient (Wildman–Crippen LogP) is 1.97. The van der Waals surface area contributed by atoms with Crippen molar-refractivity contribution in [3.63, 3.8) is 0 Å². The van der Waals surface area contributed by atoms with Crippen LogP contribution in [-0.4, -0.2) is 42.7 Å². The minimum absolute atomic E-state index is 0. The maximum Gasteiger partial charge on any atom is 0.251 e. The van der Waals surface area contributed by atoms with E-state index < -0.39 is 0 Å². The van der Waals surface area contributed by atoms with E-state index in [-0.39, 0.29) is 14.8 Å². The van der Waals surface area contributed by atoms with Crippen LogP contribution in [0.4, 0.5) is 5.69 Å². The number of amides is 1. The van der Waals surface area contributed by atoms with Crippen LogP contribution in [0.15, 0.2) is 18.2 Å². The Morgan fingerprint density at radius 1 is 1.43 bits per heavy atom. The van der Waals surface area contributed by atoms with E-state index in [0.29, 0.717) is 22.7 Å². The van der Waals surface area contributed by atoms with Crippen LogP contribution in [0.25, 0.3) is 0 Å². The van der Waals surface area contributed by atoms with Crippen LogP contribution in [0.1, 0.15) is 38.0 Å². The van der Waals surface area contributed by atoms with Crippen molar-refractivity contribution in [3.05, 3.63) is 29.3 Å². The summed E-state index contributed by atoms with van der Waals surface area (Å²) in [7, 11) is 0. The van der Waals surface area contributed by atoms with Crippen LogP contribution in [0.2, 0.25) is 0 Å². The Hall–Kier alpha value is -1.88. The SMILES string of the molecule is N=Cc1ccc(C(=O)N[C@H]2CN3CCCC2CC3)cc1N.[HH].[HH]. The van der Waals surface area contributed by atoms with Gasteiger partial charge < -0.3 is 21.4 Å². The number of hydrogen-bond donors (Lipinski definition) is 3. The predicted molar refractivity (Wildman–Crippen MR) is 88.0 cm³/mol. The fourth-order valence-electron chi connectivity index (χ4n) is 3.46. The number of piperidine rings is 1. The first-order valence-corrected chi connectivity index (χ1v) is 7.60. The summed E-state index contributed by atoms with van der Waals surface area (Å²) in [6.07, 6.45) is 4.82. The Kier molecular flexibility index (Phi) is 3.92. The van der Waals surface area contributed by atoms with E-state index in [1.54, 1.807) is 18.2 Å². The number of nitrogens with one attached hydrogen (secondary N) is 2. The molecule has 116 valence electrons. The Morgan fingerprint density at radius 3 is 3.05 bits per heavy atom. The summed E-state index contributed by atoms with van der Waals surface area (Å²) < 4.78 is 0. The molecule has 1 amide bonds. The van der Waals surface area contributed by atoms with Crippen molar-refractivity contribution in [2.75, 3.05) is 25.4 Å². The molecule has 3 heterocycles. The Balaban J connectivity index is 0.00000132. The summed E-state index contributed by atoms with van der Waals surface area (Å²) in [6.45, 7) is 3.28. The van der Waals surface area contributed by atoms with Crippen molar-refractivity contribution < 1.29 is 7.65 Å². The average Bonchev–Trinajstić information content (AvgIpc) is 2.82. The highest BCUT2D eigenvalue weighted by molar-refractivity contribution is 5.97. The van der Waals surface area contributed by atoms with E-state index >= 15 is 0 Å². The minimum Gasteiger partial charge on any atom is -0.398 e. The van der Waals surface area contributed by atoms with Gasteiger partial charge in [-0.1, -0.05) is 6.07 Å². The lowest BCUT2D eigenvalue weighted by molar-refractivity contribution is 0.0880. The molecule has 2 bridgehead atoms. The van der Waals surface area contributed by atoms with Crippen molar-refractivity contribution >= 4 is 17.8 Å². The first-order chi connectivity index (χ1) is 10.2. The summed E-state index contributed by atoms with van der Waals surface area (Å²) in [6, 6.07) is 5.36. The zero-order valence-electron chi connectivity index (χ0n) is 12.1. The van der Waals surface area contributed by atoms with Crippen molar-refractivity contribution in [1.82, 2.24) is 10.2 Å². The number of nitrogens with two attached hydrogens (primary N) is 1. The van der Waals surface area contributed by atoms with E-state index in [4.69, 9.17) is 11.1 Å². The van der Waals surface area contributed by atoms with Gasteiger partial charge in [0, 0.05) is 38.5 Å². The monoisotopic (exact) mass is 290 g/mol. The van der Waals surface area contributed by atoms with E-state index in [9.17, 15) is 4.79 Å². The molecule has 2 unspecified atom stereocenters. The molecule has 3 aliphatic rings. The van der Waals surface area contributed by atoms with Crippen LogP contribution in [0.5, 0.6) is 0 Å². The summed E-state index contributed by atoms with van der Waals surface area (Å²) >= 11 is 0. The lowest BCUT2D eigenvalue weighted by Crippen LogP contribution is -2.50. The number of carbonyl (C=O) groups is 1. The molecule has 4 rings (SSSR count). The Labute approximate surface area is 128 Å². The van der Waals surface area contributed by atoms with Crippen molar-refractivity contribution in [2.45, 2.75) is 25.3 Å². The van der Waals surface area contributed by atoms with Gasteiger partial charge in [-0.05, 0) is 50.4 Å². The van der Waals surface area contributed by atoms with Crippen molar-refractivity contribution in [2.24, 2.45) is 5.92 Å². The third kappa shape index (κ3) is 2.93. The van der Waals surface area contributed by atoms with E-state index in [1.165, 1.54) is 25.5 Å². The standard InChI is InChI=1S/C16H22N4O.2H2/c17-9-13-4-3-12(8-14(13)18)16(21)19-15-10-20-6-1-2-11(15)5-7-20;;/h3-4,8-9,11,15,17H,1-2,5-7,10,18H2,(H,19,21);2*1H/t11?,15-;;/m0../s1. The van der Waals surface area contributed by atoms with Gasteiger partial charge in [0.15, 0.2) is 0 Å². The third-order valence-electron chi connectivity index (χ3n) is 4.71. The molecule has 3 aliphatic heterocycles. The van der Waals surface area contributed by atoms with Gasteiger partial charge in [-0.25, -0.2) is 0 Å². The number of nitrogens with zero attached hydrogens (tertiary/aromatic N) is 1. The molecule has 0 spiro atoms. The second kappa shape index (κ2) is 5.85. The molecule has 5 nitrogen and oxygen atoms in total. The third-order valence-corrected chi connectivity index (χ3v) is 4.71. The van der Waals surface area contributed by atoms with Gasteiger partial charge in [-0.3, -0.25) is 4.79 Å². The number of carbonyl (C=O) groups excluding carboxylic acids is 1. The maximum atomic E-state index is 12.4. The van der Waals surface area contributed by atoms with E-state index in [1.807, 2.05) is 0 Å². The second-order valence-corrected chi connectivity index (χ2v) is 6.06. The Bertz CT molecular complexity index is 563. The Morgan fingerprint density at radius 2 is 2.29 bits per heavy atom. The first kappa shape index (κ1) is 14.1. The molecule has 5 heteroatoms. The van der Waals surface area contributed by atoms with Crippen LogP contribution in [0.3, 0.4) is 0 Å². The normalized spacial score (nSPS) is 27.9. The fraction of sp³-hybridized carbons (Fsp3) is 0.500. The average molecular weight is 290 g/mol. The highest BCUT2D eigenvalue weighted by atomic mass is 16.1. The molecule has 3 saturated heterocycles. The highest BCUT2D eigenvalue weighted by Gasteiger charge is 2.32. The molecule has 1 aromatic rings. The molecule has 3 atom stereocenters. The highest BCUT2D eigenvalue weighted by Crippen LogP contribution is 2.27. The zero-order valence-corrected chi connectivity index (χ0v) is 12.1. The van der Waals surface area contributed by atoms with Gasteiger partial charge in [0.1, 0.15) is 0 Å². The molecular weight excluding hydrogens is 264 g/mol. The van der Waals surface area contributed by atoms with Gasteiger partial charge in [0.05, 0.1) is 0 Å². The molecule has 4 N–H and O–H groups in total. The van der Waals surface area contributed by atoms with Crippen molar-refractivity contribution in [3.8, 4) is 0 Å². The summed E-state index contributed by atoms with van der Waals surface area (Å²) in [5.41, 5.74) is 7.55. The minimum atomic E-state index is -0.0584. The summed E-state index contributed by atoms with van der Waals surface area (Å²) in [4.78, 5) is 14.9. The van der Waals surface area contributed by atoms with Crippen LogP contribution < -0.4 is 11.1 Å². The summed E-state index contributed by atoms with van der Waals surface area (Å²) in [5, 5.41) is 10.4. The molecule has 21 heavy (non-hydrogen) atoms. The first-order valence-electron chi connectivity index (χ1n) is 7.60. The topological polar surface area (TPSA) is 82.2 Å². The van der Waals surface area contributed by atoms with Gasteiger partial charge in [-0.2, -0.15) is 0 Å². The van der Waals surface area contributed by atoms with Crippen LogP contribution >= 0.6 is 0 Å². The number of benzene rings is 1. The van der Waals surface area contributed by atoms with Gasteiger partial charge in [0.25, 0.3) is 5.91 Å². The van der Waals surface area contributed by atoms with Gasteiger partial charge in [-0.15, -0.1) is 0 Å². The molecule has 0 saturated carbocycles. The smallest absolute Gasteiger partial charge is 0.251 e. The quantitative estimate of drug-likeness (QED) is 0.588. The maximum absolute atomic E-state index is 12.4.